The van der Waals surface area contributed by atoms with Gasteiger partial charge in [-0.1, -0.05) is 0 Å². The Morgan fingerprint density at radius 1 is 1.57 bits per heavy atom. The molecule has 0 spiro atoms. The summed E-state index contributed by atoms with van der Waals surface area (Å²) in [7, 11) is 4.51. The highest BCUT2D eigenvalue weighted by molar-refractivity contribution is 5.94. The number of alkyl halides is 2. The van der Waals surface area contributed by atoms with Gasteiger partial charge >= 0.3 is 0 Å². The van der Waals surface area contributed by atoms with Gasteiger partial charge in [-0.3, -0.25) is 9.48 Å². The monoisotopic (exact) mass is 203 g/mol. The molecular formula is C8H11F2N3O. The molecule has 0 aromatic carbocycles. The number of carbonyl (C=O) groups is 1. The van der Waals surface area contributed by atoms with E-state index in [0.717, 1.165) is 0 Å². The second-order valence-corrected chi connectivity index (χ2v) is 3.10. The Labute approximate surface area is 80.1 Å². The molecule has 4 nitrogen and oxygen atoms in total. The molecule has 14 heavy (non-hydrogen) atoms. The van der Waals surface area contributed by atoms with Crippen LogP contribution in [0.4, 0.5) is 8.78 Å². The van der Waals surface area contributed by atoms with Gasteiger partial charge in [-0.2, -0.15) is 5.10 Å². The maximum atomic E-state index is 12.4. The van der Waals surface area contributed by atoms with Crippen molar-refractivity contribution >= 4 is 5.91 Å². The van der Waals surface area contributed by atoms with E-state index >= 15 is 0 Å². The molecule has 78 valence electrons. The first-order chi connectivity index (χ1) is 6.43. The third-order valence-corrected chi connectivity index (χ3v) is 1.70. The van der Waals surface area contributed by atoms with Crippen molar-refractivity contribution in [1.82, 2.24) is 14.7 Å². The van der Waals surface area contributed by atoms with E-state index in [1.54, 1.807) is 0 Å². The largest absolute Gasteiger partial charge is 0.345 e. The highest BCUT2D eigenvalue weighted by Gasteiger charge is 2.23. The zero-order valence-electron chi connectivity index (χ0n) is 8.16. The van der Waals surface area contributed by atoms with Crippen molar-refractivity contribution in [2.45, 2.75) is 6.43 Å². The molecule has 0 radical (unpaired) electrons. The van der Waals surface area contributed by atoms with Crippen LogP contribution in [0.1, 0.15) is 22.5 Å². The van der Waals surface area contributed by atoms with Crippen molar-refractivity contribution in [3.8, 4) is 0 Å². The average Bonchev–Trinajstić information content (AvgIpc) is 2.45. The lowest BCUT2D eigenvalue weighted by Crippen LogP contribution is -2.22. The van der Waals surface area contributed by atoms with Crippen LogP contribution in [0.3, 0.4) is 0 Å². The van der Waals surface area contributed by atoms with Gasteiger partial charge in [-0.15, -0.1) is 0 Å². The first kappa shape index (κ1) is 10.6. The summed E-state index contributed by atoms with van der Waals surface area (Å²) in [6.45, 7) is 0. The fourth-order valence-electron chi connectivity index (χ4n) is 1.07. The molecule has 0 atom stereocenters. The lowest BCUT2D eigenvalue weighted by atomic mass is 10.2. The summed E-state index contributed by atoms with van der Waals surface area (Å²) in [5, 5.41) is 3.53. The first-order valence-electron chi connectivity index (χ1n) is 3.96. The summed E-state index contributed by atoms with van der Waals surface area (Å²) < 4.78 is 26.0. The molecule has 6 heteroatoms. The quantitative estimate of drug-likeness (QED) is 0.720. The van der Waals surface area contributed by atoms with Crippen molar-refractivity contribution in [2.75, 3.05) is 14.1 Å². The van der Waals surface area contributed by atoms with Gasteiger partial charge in [-0.25, -0.2) is 8.78 Å². The molecule has 0 N–H and O–H groups in total. The van der Waals surface area contributed by atoms with Crippen LogP contribution < -0.4 is 0 Å². The maximum Gasteiger partial charge on any atom is 0.282 e. The fourth-order valence-corrected chi connectivity index (χ4v) is 1.07. The Kier molecular flexibility index (Phi) is 2.83. The van der Waals surface area contributed by atoms with Gasteiger partial charge in [0.05, 0.1) is 5.56 Å². The van der Waals surface area contributed by atoms with Crippen molar-refractivity contribution in [1.29, 1.82) is 0 Å². The predicted molar refractivity (Wildman–Crippen MR) is 46.2 cm³/mol. The number of hydrogen-bond donors (Lipinski definition) is 0. The highest BCUT2D eigenvalue weighted by atomic mass is 19.3. The molecule has 0 aliphatic carbocycles. The van der Waals surface area contributed by atoms with Gasteiger partial charge < -0.3 is 4.90 Å². The minimum atomic E-state index is -2.73. The van der Waals surface area contributed by atoms with Gasteiger partial charge in [0.15, 0.2) is 0 Å². The second kappa shape index (κ2) is 3.73. The van der Waals surface area contributed by atoms with Crippen LogP contribution in [0.5, 0.6) is 0 Å². The molecule has 1 rings (SSSR count). The van der Waals surface area contributed by atoms with Gasteiger partial charge in [0.1, 0.15) is 5.69 Å². The Morgan fingerprint density at radius 2 is 2.14 bits per heavy atom. The topological polar surface area (TPSA) is 38.1 Å². The molecule has 0 saturated carbocycles. The Bertz CT molecular complexity index is 346. The molecule has 0 saturated heterocycles. The van der Waals surface area contributed by atoms with E-state index in [1.165, 1.54) is 36.9 Å². The summed E-state index contributed by atoms with van der Waals surface area (Å²) >= 11 is 0. The van der Waals surface area contributed by atoms with Crippen LogP contribution in [0.25, 0.3) is 0 Å². The molecule has 0 fully saturated rings. The molecular weight excluding hydrogens is 192 g/mol. The van der Waals surface area contributed by atoms with Crippen LogP contribution >= 0.6 is 0 Å². The molecule has 1 aromatic rings. The SMILES string of the molecule is CN(C)C(=O)c1cn(C)nc1C(F)F. The predicted octanol–water partition coefficient (Wildman–Crippen LogP) is 1.06. The third kappa shape index (κ3) is 1.89. The number of amides is 1. The normalized spacial score (nSPS) is 10.7. The minimum Gasteiger partial charge on any atom is -0.345 e. The molecule has 0 bridgehead atoms. The summed E-state index contributed by atoms with van der Waals surface area (Å²) in [5.74, 6) is -0.464. The van der Waals surface area contributed by atoms with Crippen LogP contribution in [0.15, 0.2) is 6.20 Å². The standard InChI is InChI=1S/C8H11F2N3O/c1-12(2)8(14)5-4-13(3)11-6(5)7(9)10/h4,7H,1-3H3. The van der Waals surface area contributed by atoms with Crippen LogP contribution in [-0.2, 0) is 7.05 Å². The number of aromatic nitrogens is 2. The fraction of sp³-hybridized carbons (Fsp3) is 0.500. The average molecular weight is 203 g/mol. The van der Waals surface area contributed by atoms with E-state index in [4.69, 9.17) is 0 Å². The van der Waals surface area contributed by atoms with Gasteiger partial charge in [-0.05, 0) is 0 Å². The van der Waals surface area contributed by atoms with Gasteiger partial charge in [0.25, 0.3) is 12.3 Å². The number of carbonyl (C=O) groups excluding carboxylic acids is 1. The number of rotatable bonds is 2. The van der Waals surface area contributed by atoms with E-state index in [0.29, 0.717) is 0 Å². The Hall–Kier alpha value is -1.46. The van der Waals surface area contributed by atoms with Crippen LogP contribution in [-0.4, -0.2) is 34.7 Å². The van der Waals surface area contributed by atoms with E-state index in [9.17, 15) is 13.6 Å². The van der Waals surface area contributed by atoms with E-state index in [1.807, 2.05) is 0 Å². The summed E-state index contributed by atoms with van der Waals surface area (Å²) in [5.41, 5.74) is -0.515. The van der Waals surface area contributed by atoms with Gasteiger partial charge in [0.2, 0.25) is 0 Å². The molecule has 0 aliphatic heterocycles. The molecule has 1 amide bonds. The third-order valence-electron chi connectivity index (χ3n) is 1.70. The Morgan fingerprint density at radius 3 is 2.57 bits per heavy atom. The Balaban J connectivity index is 3.13. The van der Waals surface area contributed by atoms with Crippen molar-refractivity contribution < 1.29 is 13.6 Å². The number of hydrogen-bond acceptors (Lipinski definition) is 2. The number of halogens is 2. The maximum absolute atomic E-state index is 12.4. The molecule has 0 aliphatic rings. The zero-order chi connectivity index (χ0) is 10.9. The van der Waals surface area contributed by atoms with Crippen molar-refractivity contribution in [2.24, 2.45) is 7.05 Å². The molecule has 1 aromatic heterocycles. The number of aryl methyl sites for hydroxylation is 1. The van der Waals surface area contributed by atoms with E-state index in [2.05, 4.69) is 5.10 Å². The lowest BCUT2D eigenvalue weighted by Gasteiger charge is -2.09. The molecule has 1 heterocycles. The summed E-state index contributed by atoms with van der Waals surface area (Å²) in [6, 6.07) is 0. The van der Waals surface area contributed by atoms with Gasteiger partial charge in [0, 0.05) is 27.3 Å². The van der Waals surface area contributed by atoms with E-state index < -0.39 is 18.0 Å². The van der Waals surface area contributed by atoms with Crippen LogP contribution in [0.2, 0.25) is 0 Å². The number of nitrogens with zero attached hydrogens (tertiary/aromatic N) is 3. The lowest BCUT2D eigenvalue weighted by molar-refractivity contribution is 0.0814. The van der Waals surface area contributed by atoms with E-state index in [-0.39, 0.29) is 5.56 Å². The summed E-state index contributed by atoms with van der Waals surface area (Å²) in [4.78, 5) is 12.7. The highest BCUT2D eigenvalue weighted by Crippen LogP contribution is 2.21. The van der Waals surface area contributed by atoms with Crippen molar-refractivity contribution in [3.63, 3.8) is 0 Å². The smallest absolute Gasteiger partial charge is 0.282 e. The first-order valence-corrected chi connectivity index (χ1v) is 3.96. The van der Waals surface area contributed by atoms with Crippen LogP contribution in [0, 0.1) is 0 Å². The minimum absolute atomic E-state index is 0.0486. The summed E-state index contributed by atoms with van der Waals surface area (Å²) in [6.07, 6.45) is -1.43. The molecule has 0 unspecified atom stereocenters. The second-order valence-electron chi connectivity index (χ2n) is 3.10. The van der Waals surface area contributed by atoms with Crippen molar-refractivity contribution in [3.05, 3.63) is 17.5 Å². The zero-order valence-corrected chi connectivity index (χ0v) is 8.16.